The zero-order valence-corrected chi connectivity index (χ0v) is 25.7. The molecule has 0 bridgehead atoms. The molecule has 0 aliphatic rings. The number of carbonyl (C=O) groups excluding carboxylic acids is 4. The standard InChI is InChI=1S/C35H40N2O9/c38-31(19-20-32(39)40)36-21-11-10-18-30(35(43)46-26-29-16-8-3-9-17-29)37(22-33(41)44-24-27-12-4-1-5-13-27)23-34(42)45-25-28-14-6-2-7-15-28/h1-9,12-17,30H,10-11,18-26H2,(H,36,38)(H,39,40). The third-order valence-corrected chi connectivity index (χ3v) is 6.88. The fraction of sp³-hybridized carbons (Fsp3) is 0.343. The Morgan fingerprint density at radius 3 is 1.54 bits per heavy atom. The zero-order valence-electron chi connectivity index (χ0n) is 25.7. The van der Waals surface area contributed by atoms with E-state index >= 15 is 0 Å². The number of unbranched alkanes of at least 4 members (excludes halogenated alkanes) is 1. The predicted molar refractivity (Wildman–Crippen MR) is 168 cm³/mol. The zero-order chi connectivity index (χ0) is 33.0. The lowest BCUT2D eigenvalue weighted by atomic mass is 10.1. The number of carboxylic acids is 1. The summed E-state index contributed by atoms with van der Waals surface area (Å²) in [5.41, 5.74) is 2.34. The van der Waals surface area contributed by atoms with Crippen molar-refractivity contribution >= 4 is 29.8 Å². The van der Waals surface area contributed by atoms with Gasteiger partial charge in [-0.25, -0.2) is 0 Å². The molecule has 3 rings (SSSR count). The summed E-state index contributed by atoms with van der Waals surface area (Å²) in [4.78, 5) is 63.5. The van der Waals surface area contributed by atoms with Crippen LogP contribution in [0.2, 0.25) is 0 Å². The minimum atomic E-state index is -1.06. The third kappa shape index (κ3) is 14.2. The normalized spacial score (nSPS) is 11.3. The molecule has 2 N–H and O–H groups in total. The number of amides is 1. The van der Waals surface area contributed by atoms with E-state index in [4.69, 9.17) is 19.3 Å². The van der Waals surface area contributed by atoms with Crippen LogP contribution in [0.5, 0.6) is 0 Å². The highest BCUT2D eigenvalue weighted by Crippen LogP contribution is 2.15. The van der Waals surface area contributed by atoms with Crippen LogP contribution >= 0.6 is 0 Å². The van der Waals surface area contributed by atoms with Gasteiger partial charge in [-0.3, -0.25) is 28.9 Å². The number of nitrogens with zero attached hydrogens (tertiary/aromatic N) is 1. The molecular weight excluding hydrogens is 592 g/mol. The molecule has 46 heavy (non-hydrogen) atoms. The van der Waals surface area contributed by atoms with Gasteiger partial charge in [0.25, 0.3) is 0 Å². The van der Waals surface area contributed by atoms with Gasteiger partial charge >= 0.3 is 23.9 Å². The van der Waals surface area contributed by atoms with Gasteiger partial charge < -0.3 is 24.6 Å². The molecule has 1 amide bonds. The molecule has 3 aromatic rings. The summed E-state index contributed by atoms with van der Waals surface area (Å²) in [6.45, 7) is -0.426. The first-order chi connectivity index (χ1) is 22.3. The fourth-order valence-electron chi connectivity index (χ4n) is 4.45. The summed E-state index contributed by atoms with van der Waals surface area (Å²) < 4.78 is 16.6. The van der Waals surface area contributed by atoms with Gasteiger partial charge in [-0.2, -0.15) is 0 Å². The predicted octanol–water partition coefficient (Wildman–Crippen LogP) is 4.04. The van der Waals surface area contributed by atoms with Crippen LogP contribution in [0.4, 0.5) is 0 Å². The first-order valence-corrected chi connectivity index (χ1v) is 15.1. The maximum atomic E-state index is 13.5. The number of esters is 3. The Balaban J connectivity index is 1.70. The smallest absolute Gasteiger partial charge is 0.323 e. The Labute approximate surface area is 268 Å². The van der Waals surface area contributed by atoms with E-state index in [9.17, 15) is 24.0 Å². The average molecular weight is 633 g/mol. The topological polar surface area (TPSA) is 149 Å². The Hall–Kier alpha value is -5.03. The molecule has 0 aliphatic heterocycles. The van der Waals surface area contributed by atoms with Crippen LogP contribution in [-0.4, -0.2) is 65.5 Å². The second-order valence-electron chi connectivity index (χ2n) is 10.5. The molecule has 11 nitrogen and oxygen atoms in total. The van der Waals surface area contributed by atoms with Crippen LogP contribution in [0.3, 0.4) is 0 Å². The molecule has 0 heterocycles. The molecule has 0 aliphatic carbocycles. The monoisotopic (exact) mass is 632 g/mol. The van der Waals surface area contributed by atoms with E-state index in [1.807, 2.05) is 91.0 Å². The Morgan fingerprint density at radius 1 is 0.630 bits per heavy atom. The van der Waals surface area contributed by atoms with Crippen LogP contribution < -0.4 is 5.32 Å². The van der Waals surface area contributed by atoms with Crippen molar-refractivity contribution in [3.05, 3.63) is 108 Å². The molecule has 244 valence electrons. The minimum Gasteiger partial charge on any atom is -0.481 e. The second kappa shape index (κ2) is 20.1. The summed E-state index contributed by atoms with van der Waals surface area (Å²) in [5, 5.41) is 11.4. The van der Waals surface area contributed by atoms with Crippen molar-refractivity contribution < 1.29 is 43.3 Å². The third-order valence-electron chi connectivity index (χ3n) is 6.88. The SMILES string of the molecule is O=C(O)CCC(=O)NCCCCC(C(=O)OCc1ccccc1)N(CC(=O)OCc1ccccc1)CC(=O)OCc1ccccc1. The van der Waals surface area contributed by atoms with E-state index in [0.29, 0.717) is 12.8 Å². The summed E-state index contributed by atoms with van der Waals surface area (Å²) in [6, 6.07) is 26.4. The molecule has 0 fully saturated rings. The molecule has 0 saturated carbocycles. The van der Waals surface area contributed by atoms with Crippen molar-refractivity contribution in [2.75, 3.05) is 19.6 Å². The second-order valence-corrected chi connectivity index (χ2v) is 10.5. The number of aliphatic carboxylic acids is 1. The lowest BCUT2D eigenvalue weighted by Crippen LogP contribution is -2.47. The van der Waals surface area contributed by atoms with Gasteiger partial charge in [-0.05, 0) is 36.0 Å². The largest absolute Gasteiger partial charge is 0.481 e. The van der Waals surface area contributed by atoms with Crippen LogP contribution in [0.1, 0.15) is 48.8 Å². The summed E-state index contributed by atoms with van der Waals surface area (Å²) in [5.74, 6) is -3.33. The Bertz CT molecular complexity index is 1330. The molecular formula is C35H40N2O9. The van der Waals surface area contributed by atoms with Crippen molar-refractivity contribution in [1.82, 2.24) is 10.2 Å². The number of ether oxygens (including phenoxy) is 3. The number of carbonyl (C=O) groups is 5. The van der Waals surface area contributed by atoms with E-state index in [2.05, 4.69) is 5.32 Å². The molecule has 1 atom stereocenters. The van der Waals surface area contributed by atoms with Crippen LogP contribution in [-0.2, 0) is 58.0 Å². The van der Waals surface area contributed by atoms with E-state index in [-0.39, 0.29) is 64.6 Å². The van der Waals surface area contributed by atoms with Crippen molar-refractivity contribution in [2.45, 2.75) is 58.0 Å². The number of rotatable bonds is 20. The van der Waals surface area contributed by atoms with E-state index < -0.39 is 29.9 Å². The van der Waals surface area contributed by atoms with Gasteiger partial charge in [0.1, 0.15) is 25.9 Å². The van der Waals surface area contributed by atoms with Gasteiger partial charge in [0.15, 0.2) is 0 Å². The number of hydrogen-bond donors (Lipinski definition) is 2. The molecule has 0 spiro atoms. The van der Waals surface area contributed by atoms with E-state index in [0.717, 1.165) is 16.7 Å². The highest BCUT2D eigenvalue weighted by Gasteiger charge is 2.31. The van der Waals surface area contributed by atoms with Crippen molar-refractivity contribution in [3.8, 4) is 0 Å². The van der Waals surface area contributed by atoms with Crippen molar-refractivity contribution in [3.63, 3.8) is 0 Å². The molecule has 0 aromatic heterocycles. The van der Waals surface area contributed by atoms with Gasteiger partial charge in [-0.15, -0.1) is 0 Å². The highest BCUT2D eigenvalue weighted by atomic mass is 16.5. The van der Waals surface area contributed by atoms with Crippen LogP contribution in [0, 0.1) is 0 Å². The summed E-state index contributed by atoms with van der Waals surface area (Å²) >= 11 is 0. The Kier molecular flexibility index (Phi) is 15.5. The lowest BCUT2D eigenvalue weighted by Gasteiger charge is -2.28. The average Bonchev–Trinajstić information content (AvgIpc) is 3.07. The minimum absolute atomic E-state index is 0.000551. The van der Waals surface area contributed by atoms with Crippen LogP contribution in [0.25, 0.3) is 0 Å². The van der Waals surface area contributed by atoms with Gasteiger partial charge in [0, 0.05) is 13.0 Å². The van der Waals surface area contributed by atoms with E-state index in [1.54, 1.807) is 0 Å². The molecule has 3 aromatic carbocycles. The quantitative estimate of drug-likeness (QED) is 0.106. The lowest BCUT2D eigenvalue weighted by molar-refractivity contribution is -0.158. The van der Waals surface area contributed by atoms with Crippen molar-refractivity contribution in [2.24, 2.45) is 0 Å². The van der Waals surface area contributed by atoms with Gasteiger partial charge in [0.05, 0.1) is 19.5 Å². The molecule has 0 radical (unpaired) electrons. The van der Waals surface area contributed by atoms with Crippen molar-refractivity contribution in [1.29, 1.82) is 0 Å². The fourth-order valence-corrected chi connectivity index (χ4v) is 4.45. The highest BCUT2D eigenvalue weighted by molar-refractivity contribution is 5.81. The maximum absolute atomic E-state index is 13.5. The molecule has 0 saturated heterocycles. The first-order valence-electron chi connectivity index (χ1n) is 15.1. The number of carboxylic acid groups (broad SMARTS) is 1. The molecule has 11 heteroatoms. The Morgan fingerprint density at radius 2 is 1.09 bits per heavy atom. The summed E-state index contributed by atoms with van der Waals surface area (Å²) in [6.07, 6.45) is 0.701. The van der Waals surface area contributed by atoms with Gasteiger partial charge in [-0.1, -0.05) is 91.0 Å². The van der Waals surface area contributed by atoms with E-state index in [1.165, 1.54) is 4.90 Å². The van der Waals surface area contributed by atoms with Gasteiger partial charge in [0.2, 0.25) is 5.91 Å². The summed E-state index contributed by atoms with van der Waals surface area (Å²) in [7, 11) is 0. The number of benzene rings is 3. The maximum Gasteiger partial charge on any atom is 0.323 e. The number of hydrogen-bond acceptors (Lipinski definition) is 9. The first kappa shape index (κ1) is 35.4. The van der Waals surface area contributed by atoms with Crippen LogP contribution in [0.15, 0.2) is 91.0 Å². The molecule has 1 unspecified atom stereocenters. The number of nitrogens with one attached hydrogen (secondary N) is 1.